The third-order valence-electron chi connectivity index (χ3n) is 8.43. The number of hydrogen-bond donors (Lipinski definition) is 0. The molecule has 0 aromatic heterocycles. The number of carbonyl (C=O) groups is 1. The van der Waals surface area contributed by atoms with Crippen LogP contribution in [0.15, 0.2) is 53.4 Å². The lowest BCUT2D eigenvalue weighted by Crippen LogP contribution is -2.50. The first kappa shape index (κ1) is 30.5. The summed E-state index contributed by atoms with van der Waals surface area (Å²) in [5, 5.41) is 0. The molecule has 2 fully saturated rings. The van der Waals surface area contributed by atoms with E-state index in [1.807, 2.05) is 6.92 Å². The Kier molecular flexibility index (Phi) is 8.16. The molecule has 1 saturated carbocycles. The van der Waals surface area contributed by atoms with Gasteiger partial charge in [-0.2, -0.15) is 26.3 Å². The number of benzene rings is 2. The summed E-state index contributed by atoms with van der Waals surface area (Å²) in [6, 6.07) is 7.35. The Hall–Kier alpha value is -2.50. The molecule has 1 amide bonds. The fourth-order valence-electron chi connectivity index (χ4n) is 6.01. The van der Waals surface area contributed by atoms with Crippen molar-refractivity contribution >= 4 is 16.7 Å². The minimum absolute atomic E-state index is 0.0845. The predicted molar refractivity (Wildman–Crippen MR) is 133 cm³/mol. The molecule has 1 unspecified atom stereocenters. The van der Waals surface area contributed by atoms with Crippen LogP contribution in [0.3, 0.4) is 0 Å². The lowest BCUT2D eigenvalue weighted by molar-refractivity contribution is -0.348. The van der Waals surface area contributed by atoms with Gasteiger partial charge >= 0.3 is 18.0 Å². The SMILES string of the molecule is CCC1(C(=O)N2CC[C@](c3ccc(C(F)(C(F)(F)F)C(F)(F)F)cc3)(S(=O)c3ccc(F)cc3)C2)CCCCC1. The summed E-state index contributed by atoms with van der Waals surface area (Å²) in [7, 11) is -1.99. The first-order valence-electron chi connectivity index (χ1n) is 13.0. The molecule has 2 aromatic carbocycles. The highest BCUT2D eigenvalue weighted by atomic mass is 32.2. The zero-order valence-electron chi connectivity index (χ0n) is 21.7. The maximum atomic E-state index is 14.7. The van der Waals surface area contributed by atoms with Gasteiger partial charge in [0.1, 0.15) is 5.82 Å². The van der Waals surface area contributed by atoms with E-state index in [0.29, 0.717) is 31.4 Å². The molecule has 1 heterocycles. The van der Waals surface area contributed by atoms with E-state index in [-0.39, 0.29) is 35.9 Å². The van der Waals surface area contributed by atoms with Gasteiger partial charge in [0.2, 0.25) is 5.91 Å². The first-order valence-corrected chi connectivity index (χ1v) is 14.2. The van der Waals surface area contributed by atoms with E-state index in [9.17, 15) is 44.1 Å². The molecule has 0 N–H and O–H groups in total. The molecule has 1 saturated heterocycles. The van der Waals surface area contributed by atoms with Crippen LogP contribution in [-0.2, 0) is 26.0 Å². The van der Waals surface area contributed by atoms with Crippen LogP contribution < -0.4 is 0 Å². The second-order valence-corrected chi connectivity index (χ2v) is 12.4. The molecule has 2 atom stereocenters. The molecule has 1 aliphatic carbocycles. The quantitative estimate of drug-likeness (QED) is 0.321. The summed E-state index contributed by atoms with van der Waals surface area (Å²) in [6.07, 6.45) is -7.72. The standard InChI is InChI=1S/C28H29F8NO2S/c1-2-24(14-4-3-5-15-24)23(38)37-17-16-25(18-37,40(39)22-12-10-21(29)11-13-22)19-6-8-20(9-7-19)26(30,27(31,32)33)28(34,35)36/h6-13H,2-5,14-18H2,1H3/t25-,40?/m0/s1. The topological polar surface area (TPSA) is 37.4 Å². The second kappa shape index (κ2) is 10.7. The summed E-state index contributed by atoms with van der Waals surface area (Å²) in [6.45, 7) is 1.97. The Morgan fingerprint density at radius 3 is 1.90 bits per heavy atom. The van der Waals surface area contributed by atoms with E-state index in [1.165, 1.54) is 12.1 Å². The van der Waals surface area contributed by atoms with Gasteiger partial charge in [0, 0.05) is 29.0 Å². The van der Waals surface area contributed by atoms with E-state index in [1.54, 1.807) is 4.90 Å². The van der Waals surface area contributed by atoms with Crippen LogP contribution in [-0.4, -0.2) is 40.5 Å². The number of likely N-dealkylation sites (tertiary alicyclic amines) is 1. The van der Waals surface area contributed by atoms with Crippen LogP contribution in [0, 0.1) is 11.2 Å². The van der Waals surface area contributed by atoms with Crippen molar-refractivity contribution in [2.75, 3.05) is 13.1 Å². The van der Waals surface area contributed by atoms with Crippen molar-refractivity contribution in [1.29, 1.82) is 0 Å². The highest BCUT2D eigenvalue weighted by Crippen LogP contribution is 2.54. The number of nitrogens with zero attached hydrogens (tertiary/aromatic N) is 1. The van der Waals surface area contributed by atoms with Crippen LogP contribution in [0.25, 0.3) is 0 Å². The number of hydrogen-bond acceptors (Lipinski definition) is 2. The minimum atomic E-state index is -6.27. The number of rotatable bonds is 6. The summed E-state index contributed by atoms with van der Waals surface area (Å²) in [5.41, 5.74) is -7.76. The van der Waals surface area contributed by atoms with Crippen molar-refractivity contribution < 1.29 is 44.1 Å². The van der Waals surface area contributed by atoms with Gasteiger partial charge in [0.05, 0.1) is 15.5 Å². The maximum Gasteiger partial charge on any atom is 0.435 e. The monoisotopic (exact) mass is 595 g/mol. The third kappa shape index (κ3) is 5.05. The van der Waals surface area contributed by atoms with E-state index >= 15 is 0 Å². The number of alkyl halides is 7. The second-order valence-electron chi connectivity index (χ2n) is 10.6. The van der Waals surface area contributed by atoms with Crippen molar-refractivity contribution in [3.8, 4) is 0 Å². The number of carbonyl (C=O) groups excluding carboxylic acids is 1. The summed E-state index contributed by atoms with van der Waals surface area (Å²) >= 11 is 0. The highest BCUT2D eigenvalue weighted by molar-refractivity contribution is 7.86. The third-order valence-corrected chi connectivity index (χ3v) is 10.4. The lowest BCUT2D eigenvalue weighted by atomic mass is 9.71. The Labute approximate surface area is 229 Å². The van der Waals surface area contributed by atoms with E-state index in [0.717, 1.165) is 43.5 Å². The zero-order valence-corrected chi connectivity index (χ0v) is 22.5. The van der Waals surface area contributed by atoms with Crippen molar-refractivity contribution in [2.24, 2.45) is 5.41 Å². The molecule has 4 rings (SSSR count). The molecule has 40 heavy (non-hydrogen) atoms. The zero-order chi connectivity index (χ0) is 29.6. The molecule has 220 valence electrons. The Morgan fingerprint density at radius 1 is 0.850 bits per heavy atom. The molecule has 2 aromatic rings. The predicted octanol–water partition coefficient (Wildman–Crippen LogP) is 7.71. The van der Waals surface area contributed by atoms with Gasteiger partial charge in [-0.05, 0) is 55.5 Å². The minimum Gasteiger partial charge on any atom is -0.340 e. The number of amides is 1. The molecule has 0 spiro atoms. The number of halogens is 8. The Balaban J connectivity index is 1.77. The molecular formula is C28H29F8NO2S. The van der Waals surface area contributed by atoms with E-state index in [4.69, 9.17) is 0 Å². The van der Waals surface area contributed by atoms with Gasteiger partial charge in [-0.15, -0.1) is 0 Å². The van der Waals surface area contributed by atoms with E-state index in [2.05, 4.69) is 0 Å². The van der Waals surface area contributed by atoms with Gasteiger partial charge in [-0.1, -0.05) is 50.5 Å². The molecule has 12 heteroatoms. The van der Waals surface area contributed by atoms with Gasteiger partial charge in [-0.3, -0.25) is 9.00 Å². The summed E-state index contributed by atoms with van der Waals surface area (Å²) < 4.78 is 121. The molecule has 3 nitrogen and oxygen atoms in total. The van der Waals surface area contributed by atoms with Gasteiger partial charge in [0.15, 0.2) is 0 Å². The largest absolute Gasteiger partial charge is 0.435 e. The average molecular weight is 596 g/mol. The average Bonchev–Trinajstić information content (AvgIpc) is 3.38. The lowest BCUT2D eigenvalue weighted by Gasteiger charge is -2.39. The van der Waals surface area contributed by atoms with Gasteiger partial charge < -0.3 is 4.90 Å². The molecular weight excluding hydrogens is 566 g/mol. The Bertz CT molecular complexity index is 1220. The van der Waals surface area contributed by atoms with Crippen LogP contribution in [0.5, 0.6) is 0 Å². The smallest absolute Gasteiger partial charge is 0.340 e. The van der Waals surface area contributed by atoms with Crippen LogP contribution in [0.2, 0.25) is 0 Å². The fraction of sp³-hybridized carbons (Fsp3) is 0.536. The molecule has 0 radical (unpaired) electrons. The normalized spacial score (nSPS) is 22.8. The summed E-state index contributed by atoms with van der Waals surface area (Å²) in [4.78, 5) is 15.5. The molecule has 0 bridgehead atoms. The van der Waals surface area contributed by atoms with Crippen molar-refractivity contribution in [1.82, 2.24) is 4.90 Å². The fourth-order valence-corrected chi connectivity index (χ4v) is 7.74. The molecule has 1 aliphatic heterocycles. The first-order chi connectivity index (χ1) is 18.6. The van der Waals surface area contributed by atoms with Crippen molar-refractivity contribution in [2.45, 2.75) is 79.5 Å². The van der Waals surface area contributed by atoms with Crippen LogP contribution >= 0.6 is 0 Å². The van der Waals surface area contributed by atoms with Gasteiger partial charge in [-0.25, -0.2) is 8.78 Å². The summed E-state index contributed by atoms with van der Waals surface area (Å²) in [5.74, 6) is -0.718. The Morgan fingerprint density at radius 2 is 1.40 bits per heavy atom. The van der Waals surface area contributed by atoms with Crippen LogP contribution in [0.1, 0.15) is 63.0 Å². The van der Waals surface area contributed by atoms with Crippen molar-refractivity contribution in [3.05, 3.63) is 65.5 Å². The van der Waals surface area contributed by atoms with E-state index < -0.39 is 50.4 Å². The maximum absolute atomic E-state index is 14.7. The highest BCUT2D eigenvalue weighted by Gasteiger charge is 2.73. The van der Waals surface area contributed by atoms with Gasteiger partial charge in [0.25, 0.3) is 0 Å². The molecule has 2 aliphatic rings. The van der Waals surface area contributed by atoms with Crippen molar-refractivity contribution in [3.63, 3.8) is 0 Å². The van der Waals surface area contributed by atoms with Crippen LogP contribution in [0.4, 0.5) is 35.1 Å².